The molecule has 2 rings (SSSR count). The molecule has 0 saturated heterocycles. The fourth-order valence-corrected chi connectivity index (χ4v) is 2.46. The maximum Gasteiger partial charge on any atom is 0.262 e. The third-order valence-corrected chi connectivity index (χ3v) is 3.55. The lowest BCUT2D eigenvalue weighted by molar-refractivity contribution is 0.440. The molecule has 1 aromatic carbocycles. The maximum absolute atomic E-state index is 13.8. The van der Waals surface area contributed by atoms with Crippen molar-refractivity contribution in [2.45, 2.75) is 18.5 Å². The molecule has 1 N–H and O–H groups in total. The van der Waals surface area contributed by atoms with Crippen molar-refractivity contribution in [3.63, 3.8) is 0 Å². The van der Waals surface area contributed by atoms with Gasteiger partial charge >= 0.3 is 0 Å². The molecular weight excluding hydrogens is 267 g/mol. The average Bonchev–Trinajstić information content (AvgIpc) is 2.37. The first-order valence-electron chi connectivity index (χ1n) is 5.84. The number of hydrogen-bond acceptors (Lipinski definition) is 4. The van der Waals surface area contributed by atoms with Crippen molar-refractivity contribution in [3.8, 4) is 11.6 Å². The van der Waals surface area contributed by atoms with Crippen molar-refractivity contribution in [1.29, 1.82) is 0 Å². The quantitative estimate of drug-likeness (QED) is 0.691. The minimum absolute atomic E-state index is 0.138. The van der Waals surface area contributed by atoms with Crippen LogP contribution in [0.15, 0.2) is 40.3 Å². The van der Waals surface area contributed by atoms with Crippen molar-refractivity contribution in [2.75, 3.05) is 5.75 Å². The van der Waals surface area contributed by atoms with E-state index in [0.717, 1.165) is 18.2 Å². The molecule has 0 atom stereocenters. The summed E-state index contributed by atoms with van der Waals surface area (Å²) in [6, 6.07) is 6.96. The Kier molecular flexibility index (Phi) is 4.21. The lowest BCUT2D eigenvalue weighted by Gasteiger charge is -2.11. The lowest BCUT2D eigenvalue weighted by atomic mass is 10.3. The van der Waals surface area contributed by atoms with E-state index >= 15 is 0 Å². The highest BCUT2D eigenvalue weighted by Crippen LogP contribution is 2.22. The van der Waals surface area contributed by atoms with Crippen molar-refractivity contribution in [2.24, 2.45) is 0 Å². The van der Waals surface area contributed by atoms with E-state index in [1.165, 1.54) is 28.5 Å². The number of rotatable bonds is 4. The molecule has 0 aliphatic heterocycles. The number of aromatic nitrogens is 2. The van der Waals surface area contributed by atoms with E-state index in [2.05, 4.69) is 4.98 Å². The lowest BCUT2D eigenvalue weighted by Crippen LogP contribution is -2.21. The maximum atomic E-state index is 13.8. The number of nitrogens with zero attached hydrogens (tertiary/aromatic N) is 2. The molecule has 0 aliphatic carbocycles. The highest BCUT2D eigenvalue weighted by Gasteiger charge is 2.13. The molecule has 1 aromatic heterocycles. The normalized spacial score (nSPS) is 10.6. The summed E-state index contributed by atoms with van der Waals surface area (Å²) in [5, 5.41) is 9.69. The molecule has 0 unspecified atom stereocenters. The Hall–Kier alpha value is -1.82. The third-order valence-electron chi connectivity index (χ3n) is 2.40. The fourth-order valence-electron chi connectivity index (χ4n) is 1.59. The Morgan fingerprint density at radius 3 is 2.84 bits per heavy atom. The monoisotopic (exact) mass is 280 g/mol. The molecule has 0 spiro atoms. The van der Waals surface area contributed by atoms with Gasteiger partial charge in [0, 0.05) is 5.75 Å². The van der Waals surface area contributed by atoms with Crippen LogP contribution in [-0.4, -0.2) is 20.4 Å². The van der Waals surface area contributed by atoms with Gasteiger partial charge in [-0.05, 0) is 18.6 Å². The summed E-state index contributed by atoms with van der Waals surface area (Å²) in [5.74, 6) is -0.128. The standard InChI is InChI=1S/C13H13FN2O2S/c1-2-7-19-13-15-11(17)8-12(18)16(13)10-6-4-3-5-9(10)14/h3-6,8,17H,2,7H2,1H3. The highest BCUT2D eigenvalue weighted by atomic mass is 32.2. The van der Waals surface area contributed by atoms with E-state index in [0.29, 0.717) is 0 Å². The molecule has 1 heterocycles. The summed E-state index contributed by atoms with van der Waals surface area (Å²) in [7, 11) is 0. The van der Waals surface area contributed by atoms with Crippen LogP contribution in [0.3, 0.4) is 0 Å². The van der Waals surface area contributed by atoms with Gasteiger partial charge in [-0.15, -0.1) is 0 Å². The van der Waals surface area contributed by atoms with Gasteiger partial charge in [-0.1, -0.05) is 30.8 Å². The topological polar surface area (TPSA) is 55.1 Å². The molecule has 0 fully saturated rings. The first-order valence-corrected chi connectivity index (χ1v) is 6.82. The van der Waals surface area contributed by atoms with Gasteiger partial charge in [0.25, 0.3) is 5.56 Å². The minimum atomic E-state index is -0.504. The Labute approximate surface area is 113 Å². The summed E-state index contributed by atoms with van der Waals surface area (Å²) in [5.41, 5.74) is -0.366. The summed E-state index contributed by atoms with van der Waals surface area (Å²) in [6.45, 7) is 1.99. The first kappa shape index (κ1) is 13.6. The van der Waals surface area contributed by atoms with E-state index in [1.807, 2.05) is 6.92 Å². The molecule has 0 saturated carbocycles. The Morgan fingerprint density at radius 1 is 1.42 bits per heavy atom. The summed E-state index contributed by atoms with van der Waals surface area (Å²) in [4.78, 5) is 15.9. The molecule has 19 heavy (non-hydrogen) atoms. The van der Waals surface area contributed by atoms with Gasteiger partial charge in [-0.3, -0.25) is 9.36 Å². The van der Waals surface area contributed by atoms with Gasteiger partial charge in [0.2, 0.25) is 5.88 Å². The number of benzene rings is 1. The van der Waals surface area contributed by atoms with Crippen molar-refractivity contribution >= 4 is 11.8 Å². The van der Waals surface area contributed by atoms with Crippen LogP contribution in [0, 0.1) is 5.82 Å². The third kappa shape index (κ3) is 2.96. The molecule has 2 aromatic rings. The second-order valence-electron chi connectivity index (χ2n) is 3.87. The zero-order chi connectivity index (χ0) is 13.8. The smallest absolute Gasteiger partial charge is 0.262 e. The number of halogens is 1. The molecule has 4 nitrogen and oxygen atoms in total. The molecule has 100 valence electrons. The van der Waals surface area contributed by atoms with Crippen LogP contribution < -0.4 is 5.56 Å². The molecule has 0 amide bonds. The van der Waals surface area contributed by atoms with E-state index in [1.54, 1.807) is 12.1 Å². The Bertz CT molecular complexity index is 643. The molecule has 0 aliphatic rings. The Balaban J connectivity index is 2.61. The summed E-state index contributed by atoms with van der Waals surface area (Å²) < 4.78 is 15.0. The minimum Gasteiger partial charge on any atom is -0.493 e. The van der Waals surface area contributed by atoms with E-state index < -0.39 is 11.4 Å². The van der Waals surface area contributed by atoms with Crippen LogP contribution in [0.4, 0.5) is 4.39 Å². The van der Waals surface area contributed by atoms with Crippen molar-refractivity contribution in [3.05, 3.63) is 46.5 Å². The van der Waals surface area contributed by atoms with Gasteiger partial charge in [0.15, 0.2) is 5.16 Å². The van der Waals surface area contributed by atoms with E-state index in [9.17, 15) is 14.3 Å². The first-order chi connectivity index (χ1) is 9.13. The van der Waals surface area contributed by atoms with Crippen molar-refractivity contribution in [1.82, 2.24) is 9.55 Å². The SMILES string of the molecule is CCCSc1nc(O)cc(=O)n1-c1ccccc1F. The summed E-state index contributed by atoms with van der Waals surface area (Å²) >= 11 is 1.30. The number of aromatic hydroxyl groups is 1. The van der Waals surface area contributed by atoms with Gasteiger partial charge in [0.05, 0.1) is 11.8 Å². The molecular formula is C13H13FN2O2S. The number of thioether (sulfide) groups is 1. The zero-order valence-electron chi connectivity index (χ0n) is 10.3. The van der Waals surface area contributed by atoms with Gasteiger partial charge in [-0.2, -0.15) is 4.98 Å². The van der Waals surface area contributed by atoms with E-state index in [-0.39, 0.29) is 16.7 Å². The number of hydrogen-bond donors (Lipinski definition) is 1. The van der Waals surface area contributed by atoms with Gasteiger partial charge in [-0.25, -0.2) is 4.39 Å². The molecule has 0 radical (unpaired) electrons. The number of para-hydroxylation sites is 1. The van der Waals surface area contributed by atoms with Gasteiger partial charge < -0.3 is 5.11 Å². The predicted octanol–water partition coefficient (Wildman–Crippen LogP) is 2.58. The second-order valence-corrected chi connectivity index (χ2v) is 4.93. The predicted molar refractivity (Wildman–Crippen MR) is 72.5 cm³/mol. The summed E-state index contributed by atoms with van der Waals surface area (Å²) in [6.07, 6.45) is 0.882. The van der Waals surface area contributed by atoms with Gasteiger partial charge in [0.1, 0.15) is 5.82 Å². The Morgan fingerprint density at radius 2 is 2.16 bits per heavy atom. The van der Waals surface area contributed by atoms with Crippen molar-refractivity contribution < 1.29 is 9.50 Å². The largest absolute Gasteiger partial charge is 0.493 e. The molecule has 6 heteroatoms. The second kappa shape index (κ2) is 5.88. The van der Waals surface area contributed by atoms with E-state index in [4.69, 9.17) is 0 Å². The van der Waals surface area contributed by atoms with Crippen LogP contribution in [0.2, 0.25) is 0 Å². The van der Waals surface area contributed by atoms with Crippen LogP contribution in [0.1, 0.15) is 13.3 Å². The highest BCUT2D eigenvalue weighted by molar-refractivity contribution is 7.99. The average molecular weight is 280 g/mol. The molecule has 0 bridgehead atoms. The van der Waals surface area contributed by atoms with Crippen LogP contribution >= 0.6 is 11.8 Å². The van der Waals surface area contributed by atoms with Crippen LogP contribution in [0.25, 0.3) is 5.69 Å². The van der Waals surface area contributed by atoms with Crippen LogP contribution in [-0.2, 0) is 0 Å². The zero-order valence-corrected chi connectivity index (χ0v) is 11.2. The van der Waals surface area contributed by atoms with Crippen LogP contribution in [0.5, 0.6) is 5.88 Å². The fraction of sp³-hybridized carbons (Fsp3) is 0.231.